The number of halogens is 1. The quantitative estimate of drug-likeness (QED) is 0.542. The van der Waals surface area contributed by atoms with Crippen LogP contribution >= 0.6 is 34.7 Å². The van der Waals surface area contributed by atoms with E-state index in [1.807, 2.05) is 66.9 Å². The van der Waals surface area contributed by atoms with Crippen LogP contribution in [0.15, 0.2) is 60.0 Å². The number of benzene rings is 2. The van der Waals surface area contributed by atoms with Gasteiger partial charge in [0.05, 0.1) is 17.1 Å². The van der Waals surface area contributed by atoms with Crippen LogP contribution in [0.2, 0.25) is 5.02 Å². The maximum atomic E-state index is 12.9. The maximum absolute atomic E-state index is 12.9. The first-order valence-electron chi connectivity index (χ1n) is 7.76. The van der Waals surface area contributed by atoms with Crippen LogP contribution in [0, 0.1) is 6.92 Å². The van der Waals surface area contributed by atoms with Crippen molar-refractivity contribution in [2.75, 3.05) is 10.7 Å². The molecule has 0 radical (unpaired) electrons. The molecule has 1 heterocycles. The molecule has 1 aromatic heterocycles. The van der Waals surface area contributed by atoms with Gasteiger partial charge in [-0.05, 0) is 36.8 Å². The molecular weight excluding hydrogens is 372 g/mol. The Morgan fingerprint density at radius 2 is 2.00 bits per heavy atom. The zero-order valence-electron chi connectivity index (χ0n) is 13.7. The summed E-state index contributed by atoms with van der Waals surface area (Å²) in [6.07, 6.45) is 0. The van der Waals surface area contributed by atoms with Gasteiger partial charge in [0.2, 0.25) is 5.91 Å². The van der Waals surface area contributed by atoms with Crippen molar-refractivity contribution >= 4 is 51.4 Å². The second kappa shape index (κ2) is 8.52. The number of thiazole rings is 1. The van der Waals surface area contributed by atoms with Crippen molar-refractivity contribution in [2.45, 2.75) is 12.7 Å². The second-order valence-corrected chi connectivity index (χ2v) is 7.72. The SMILES string of the molecule is Cc1csc(N(C(=O)CSCc2cccc(Cl)c2)c2ccccc2)n1. The van der Waals surface area contributed by atoms with E-state index in [9.17, 15) is 4.79 Å². The third-order valence-corrected chi connectivity index (χ3v) is 5.61. The molecule has 25 heavy (non-hydrogen) atoms. The third-order valence-electron chi connectivity index (χ3n) is 3.45. The monoisotopic (exact) mass is 388 g/mol. The summed E-state index contributed by atoms with van der Waals surface area (Å²) in [5.41, 5.74) is 2.87. The van der Waals surface area contributed by atoms with Crippen LogP contribution in [-0.4, -0.2) is 16.6 Å². The molecule has 6 heteroatoms. The predicted octanol–water partition coefficient (Wildman–Crippen LogP) is 5.70. The van der Waals surface area contributed by atoms with Gasteiger partial charge in [0.1, 0.15) is 0 Å². The van der Waals surface area contributed by atoms with Crippen LogP contribution in [0.1, 0.15) is 11.3 Å². The number of aryl methyl sites for hydroxylation is 1. The number of aromatic nitrogens is 1. The van der Waals surface area contributed by atoms with Gasteiger partial charge in [-0.25, -0.2) is 4.98 Å². The summed E-state index contributed by atoms with van der Waals surface area (Å²) < 4.78 is 0. The van der Waals surface area contributed by atoms with Crippen molar-refractivity contribution in [3.63, 3.8) is 0 Å². The first-order valence-corrected chi connectivity index (χ1v) is 10.2. The van der Waals surface area contributed by atoms with Crippen molar-refractivity contribution in [3.05, 3.63) is 76.3 Å². The minimum absolute atomic E-state index is 0.0209. The normalized spacial score (nSPS) is 10.6. The average Bonchev–Trinajstić information content (AvgIpc) is 3.02. The average molecular weight is 389 g/mol. The highest BCUT2D eigenvalue weighted by atomic mass is 35.5. The summed E-state index contributed by atoms with van der Waals surface area (Å²) in [6, 6.07) is 17.4. The summed E-state index contributed by atoms with van der Waals surface area (Å²) in [5.74, 6) is 1.14. The fraction of sp³-hybridized carbons (Fsp3) is 0.158. The number of amides is 1. The van der Waals surface area contributed by atoms with Crippen LogP contribution in [0.3, 0.4) is 0 Å². The van der Waals surface area contributed by atoms with Gasteiger partial charge in [-0.15, -0.1) is 23.1 Å². The molecule has 0 atom stereocenters. The zero-order chi connectivity index (χ0) is 17.6. The van der Waals surface area contributed by atoms with E-state index < -0.39 is 0 Å². The molecular formula is C19H17ClN2OS2. The van der Waals surface area contributed by atoms with Gasteiger partial charge >= 0.3 is 0 Å². The highest BCUT2D eigenvalue weighted by Crippen LogP contribution is 2.29. The van der Waals surface area contributed by atoms with Gasteiger partial charge in [-0.3, -0.25) is 9.69 Å². The summed E-state index contributed by atoms with van der Waals surface area (Å²) >= 11 is 9.06. The molecule has 0 aliphatic heterocycles. The number of rotatable bonds is 6. The molecule has 128 valence electrons. The molecule has 3 nitrogen and oxygen atoms in total. The molecule has 1 amide bonds. The number of carbonyl (C=O) groups is 1. The molecule has 0 saturated carbocycles. The van der Waals surface area contributed by atoms with Crippen molar-refractivity contribution in [2.24, 2.45) is 0 Å². The van der Waals surface area contributed by atoms with Gasteiger partial charge in [0.15, 0.2) is 5.13 Å². The van der Waals surface area contributed by atoms with Crippen LogP contribution in [0.25, 0.3) is 0 Å². The van der Waals surface area contributed by atoms with Crippen LogP contribution in [0.5, 0.6) is 0 Å². The molecule has 0 fully saturated rings. The first kappa shape index (κ1) is 18.0. The molecule has 3 aromatic rings. The van der Waals surface area contributed by atoms with Gasteiger partial charge in [0, 0.05) is 16.2 Å². The number of hydrogen-bond donors (Lipinski definition) is 0. The number of hydrogen-bond acceptors (Lipinski definition) is 4. The lowest BCUT2D eigenvalue weighted by Gasteiger charge is -2.19. The lowest BCUT2D eigenvalue weighted by atomic mass is 10.2. The minimum atomic E-state index is 0.0209. The Labute approximate surface area is 160 Å². The molecule has 0 aliphatic rings. The van der Waals surface area contributed by atoms with Crippen molar-refractivity contribution < 1.29 is 4.79 Å². The fourth-order valence-electron chi connectivity index (χ4n) is 2.33. The summed E-state index contributed by atoms with van der Waals surface area (Å²) in [7, 11) is 0. The summed E-state index contributed by atoms with van der Waals surface area (Å²) in [6.45, 7) is 1.93. The third kappa shape index (κ3) is 4.84. The Balaban J connectivity index is 1.71. The molecule has 2 aromatic carbocycles. The molecule has 0 aliphatic carbocycles. The van der Waals surface area contributed by atoms with Gasteiger partial charge in [0.25, 0.3) is 0 Å². The van der Waals surface area contributed by atoms with Crippen LogP contribution in [-0.2, 0) is 10.5 Å². The maximum Gasteiger partial charge on any atom is 0.243 e. The number of anilines is 2. The van der Waals surface area contributed by atoms with Crippen LogP contribution < -0.4 is 4.90 Å². The lowest BCUT2D eigenvalue weighted by Crippen LogP contribution is -2.27. The first-order chi connectivity index (χ1) is 12.1. The number of carbonyl (C=O) groups excluding carboxylic acids is 1. The number of para-hydroxylation sites is 1. The van der Waals surface area contributed by atoms with Gasteiger partial charge < -0.3 is 0 Å². The van der Waals surface area contributed by atoms with E-state index in [2.05, 4.69) is 4.98 Å². The van der Waals surface area contributed by atoms with E-state index in [1.165, 1.54) is 11.3 Å². The van der Waals surface area contributed by atoms with Crippen molar-refractivity contribution in [1.29, 1.82) is 0 Å². The molecule has 0 saturated heterocycles. The minimum Gasteiger partial charge on any atom is -0.273 e. The molecule has 3 rings (SSSR count). The Kier molecular flexibility index (Phi) is 6.13. The standard InChI is InChI=1S/C19H17ClN2OS2/c1-14-11-25-19(21-14)22(17-8-3-2-4-9-17)18(23)13-24-12-15-6-5-7-16(20)10-15/h2-11H,12-13H2,1H3. The lowest BCUT2D eigenvalue weighted by molar-refractivity contribution is -0.115. The van der Waals surface area contributed by atoms with Crippen molar-refractivity contribution in [3.8, 4) is 0 Å². The van der Waals surface area contributed by atoms with Gasteiger partial charge in [-0.1, -0.05) is 41.9 Å². The van der Waals surface area contributed by atoms with E-state index in [4.69, 9.17) is 11.6 Å². The summed E-state index contributed by atoms with van der Waals surface area (Å²) in [4.78, 5) is 19.0. The molecule has 0 bridgehead atoms. The topological polar surface area (TPSA) is 33.2 Å². The Morgan fingerprint density at radius 3 is 2.68 bits per heavy atom. The van der Waals surface area contributed by atoms with Crippen LogP contribution in [0.4, 0.5) is 10.8 Å². The molecule has 0 N–H and O–H groups in total. The van der Waals surface area contributed by atoms with E-state index in [-0.39, 0.29) is 5.91 Å². The predicted molar refractivity (Wildman–Crippen MR) is 108 cm³/mol. The van der Waals surface area contributed by atoms with E-state index in [0.29, 0.717) is 15.9 Å². The second-order valence-electron chi connectivity index (χ2n) is 5.46. The van der Waals surface area contributed by atoms with E-state index in [1.54, 1.807) is 16.7 Å². The smallest absolute Gasteiger partial charge is 0.243 e. The highest BCUT2D eigenvalue weighted by molar-refractivity contribution is 7.99. The Morgan fingerprint density at radius 1 is 1.20 bits per heavy atom. The zero-order valence-corrected chi connectivity index (χ0v) is 16.1. The van der Waals surface area contributed by atoms with Gasteiger partial charge in [-0.2, -0.15) is 0 Å². The Bertz CT molecular complexity index is 851. The molecule has 0 unspecified atom stereocenters. The number of nitrogens with zero attached hydrogens (tertiary/aromatic N) is 2. The fourth-order valence-corrected chi connectivity index (χ4v) is 4.20. The largest absolute Gasteiger partial charge is 0.273 e. The highest BCUT2D eigenvalue weighted by Gasteiger charge is 2.20. The van der Waals surface area contributed by atoms with E-state index in [0.717, 1.165) is 22.7 Å². The van der Waals surface area contributed by atoms with Crippen molar-refractivity contribution in [1.82, 2.24) is 4.98 Å². The van der Waals surface area contributed by atoms with E-state index >= 15 is 0 Å². The molecule has 0 spiro atoms. The Hall–Kier alpha value is -1.82. The summed E-state index contributed by atoms with van der Waals surface area (Å²) in [5, 5.41) is 3.38. The number of thioether (sulfide) groups is 1.